The minimum Gasteiger partial charge on any atom is -0.870 e. The van der Waals surface area contributed by atoms with Crippen molar-refractivity contribution >= 4 is 95.4 Å². The first-order valence-electron chi connectivity index (χ1n) is 28.5. The molecule has 5 atom stereocenters. The van der Waals surface area contributed by atoms with E-state index < -0.39 is 73.6 Å². The number of nitrogens with two attached hydrogens (primary N) is 1. The Kier molecular flexibility index (Phi) is 38.5. The summed E-state index contributed by atoms with van der Waals surface area (Å²) in [6.45, 7) is 11.1. The largest absolute Gasteiger partial charge is 1.00 e. The van der Waals surface area contributed by atoms with Gasteiger partial charge in [0.1, 0.15) is 17.9 Å². The van der Waals surface area contributed by atoms with Gasteiger partial charge in [-0.2, -0.15) is 9.59 Å². The van der Waals surface area contributed by atoms with Crippen molar-refractivity contribution in [2.45, 2.75) is 145 Å². The van der Waals surface area contributed by atoms with Gasteiger partial charge in [0.15, 0.2) is 18.7 Å². The van der Waals surface area contributed by atoms with Crippen LogP contribution in [0.15, 0.2) is 97.1 Å². The van der Waals surface area contributed by atoms with Gasteiger partial charge in [-0.1, -0.05) is 77.8 Å². The maximum atomic E-state index is 14.2. The van der Waals surface area contributed by atoms with Crippen molar-refractivity contribution in [3.05, 3.63) is 141 Å². The summed E-state index contributed by atoms with van der Waals surface area (Å²) in [6, 6.07) is 23.3. The van der Waals surface area contributed by atoms with Gasteiger partial charge in [-0.25, -0.2) is 28.5 Å². The summed E-state index contributed by atoms with van der Waals surface area (Å²) in [5, 5.41) is 5.72. The molecule has 0 radical (unpaired) electrons. The van der Waals surface area contributed by atoms with E-state index in [1.54, 1.807) is 54.4 Å². The van der Waals surface area contributed by atoms with Gasteiger partial charge < -0.3 is 50.9 Å². The molecule has 502 valence electrons. The third-order valence-corrected chi connectivity index (χ3v) is 14.9. The van der Waals surface area contributed by atoms with Gasteiger partial charge in [0, 0.05) is 112 Å². The van der Waals surface area contributed by atoms with Crippen LogP contribution in [0.3, 0.4) is 0 Å². The number of halogens is 8. The first kappa shape index (κ1) is 83.1. The first-order valence-corrected chi connectivity index (χ1v) is 28.6. The second-order valence-electron chi connectivity index (χ2n) is 20.8. The Bertz CT molecular complexity index is 3160. The molecule has 1 unspecified atom stereocenters. The fourth-order valence-electron chi connectivity index (χ4n) is 9.09. The molecule has 6 fully saturated rings. The number of nitrogens with one attached hydrogen (secondary N) is 2. The normalized spacial score (nSPS) is 19.4. The Morgan fingerprint density at radius 1 is 0.785 bits per heavy atom. The van der Waals surface area contributed by atoms with Gasteiger partial charge in [-0.05, 0) is 74.7 Å². The molecule has 2 saturated carbocycles. The first-order chi connectivity index (χ1) is 43.5. The third-order valence-electron chi connectivity index (χ3n) is 14.2. The molecule has 2 aliphatic carbocycles. The van der Waals surface area contributed by atoms with E-state index in [4.69, 9.17) is 46.5 Å². The number of anilines is 2. The van der Waals surface area contributed by atoms with E-state index in [-0.39, 0.29) is 119 Å². The fraction of sp³-hybridized carbons (Fsp3) is 0.435. The van der Waals surface area contributed by atoms with Crippen molar-refractivity contribution in [3.63, 3.8) is 0 Å². The van der Waals surface area contributed by atoms with E-state index in [0.717, 1.165) is 35.8 Å². The number of nitrogen functional groups attached to an aromatic ring is 1. The van der Waals surface area contributed by atoms with E-state index in [1.165, 1.54) is 46.7 Å². The summed E-state index contributed by atoms with van der Waals surface area (Å²) in [4.78, 5) is 126. The van der Waals surface area contributed by atoms with Crippen LogP contribution in [0, 0.1) is 19.3 Å². The maximum absolute atomic E-state index is 14.2. The van der Waals surface area contributed by atoms with Crippen molar-refractivity contribution in [3.8, 4) is 0 Å². The molecular weight excluding hydrogens is 1290 g/mol. The predicted octanol–water partition coefficient (Wildman–Crippen LogP) is 6.11. The Morgan fingerprint density at radius 2 is 1.32 bits per heavy atom. The van der Waals surface area contributed by atoms with Gasteiger partial charge in [0.2, 0.25) is 35.6 Å². The molecule has 93 heavy (non-hydrogen) atoms. The molecule has 6 amide bonds. The van der Waals surface area contributed by atoms with Crippen molar-refractivity contribution < 1.29 is 125 Å². The number of likely N-dealkylation sites (N-methyl/N-ethyl adjacent to an activating group) is 1. The van der Waals surface area contributed by atoms with Crippen molar-refractivity contribution in [1.29, 1.82) is 0 Å². The molecular formula is C62H73Cl2F6N8NaO14. The number of rotatable bonds is 11. The minimum absolute atomic E-state index is 0. The predicted molar refractivity (Wildman–Crippen MR) is 324 cm³/mol. The van der Waals surface area contributed by atoms with Gasteiger partial charge in [0.05, 0.1) is 26.4 Å². The molecule has 10 rings (SSSR count). The molecule has 31 heteroatoms. The minimum atomic E-state index is -2.86. The number of amides is 6. The maximum Gasteiger partial charge on any atom is 1.00 e. The standard InChI is InChI=1S/C24H23ClF3N3O3.C7H5ClO.C7H9N.C6H9NO3.C6H11NO.C5H5F2N.C5H7NO3.CH3F.CO2.Na.H2O/c1-30-19(9-10-20(30)32)23(34)31(16-6-4-5-14(26)11-16)21(17-7-2-3-8-18(17)25)22(33)29-15-12-24(27,28)13-15;8-7-4-2-1-3-6(7)5-9;1-6-3-2-4-7(8)5-6;1-7-5(9)2-3-6(7)10-4-8;1-5-3-4-6(8)7(5)2;1-8-4-2-5(6,7)3-4;7-3-9-5-2-1-4(8)6-5;1-2;2-1-3;;/h2-8,11,15,19,21H,9-10,12-13H2,1H3,(H,29,33);1-5H;2-5H,8H2,1H3;4,6H,2-3H2,1H3;5H,3-4H2,1-2H3;4H,2-3H2;3,5H,1-2H2,(H,6,8);1H3;;;1H2/q;;;;;;;;;+1;/p-1/t19-,21?;;;6-;5-;;5-;;;;/m0..11.1..../s1/i;;;;;;;1D;;;. The van der Waals surface area contributed by atoms with Gasteiger partial charge in [-0.15, -0.1) is 0 Å². The molecule has 4 saturated heterocycles. The fourth-order valence-corrected chi connectivity index (χ4v) is 9.51. The van der Waals surface area contributed by atoms with Crippen LogP contribution in [0.1, 0.15) is 113 Å². The molecule has 4 heterocycles. The molecule has 4 aromatic carbocycles. The van der Waals surface area contributed by atoms with Gasteiger partial charge in [0.25, 0.3) is 30.7 Å². The molecule has 0 aromatic heterocycles. The zero-order valence-corrected chi connectivity index (χ0v) is 55.3. The van der Waals surface area contributed by atoms with Gasteiger partial charge in [-0.3, -0.25) is 52.4 Å². The van der Waals surface area contributed by atoms with Crippen LogP contribution in [0.25, 0.3) is 4.85 Å². The SMILES string of the molecule is CN1C(=O)CC[C@H]1C(=O)N(c1cccc(F)c1)C(C(=O)NC1CC(F)(F)C1)c1ccccc1Cl.CN1C(=O)CC[C@H]1OC=O.C[C@@H]1CCC(=O)N1C.Cc1cccc(N)c1.O=C=O.O=CO[C@@H]1CCC(=O)N1.O=Cc1ccccc1Cl.[2H]CF.[C-]#[N+]C1CC(F)(F)C1.[Na+].[OH-]. The summed E-state index contributed by atoms with van der Waals surface area (Å²) in [5.41, 5.74) is 8.38. The molecule has 5 N–H and O–H groups in total. The monoisotopic (exact) mass is 1360 g/mol. The van der Waals surface area contributed by atoms with Crippen LogP contribution >= 0.6 is 23.2 Å². The molecule has 22 nitrogen and oxygen atoms in total. The summed E-state index contributed by atoms with van der Waals surface area (Å²) >= 11 is 12.0. The van der Waals surface area contributed by atoms with Crippen LogP contribution < -0.4 is 50.8 Å². The summed E-state index contributed by atoms with van der Waals surface area (Å²) < 4.78 is 89.2. The van der Waals surface area contributed by atoms with Crippen LogP contribution in [0.4, 0.5) is 37.7 Å². The Balaban J connectivity index is 0.00000118. The number of aldehydes is 1. The average molecular weight is 1360 g/mol. The number of carbonyl (C=O) groups is 9. The van der Waals surface area contributed by atoms with Crippen molar-refractivity contribution in [1.82, 2.24) is 25.3 Å². The molecule has 6 aliphatic rings. The number of hydrogen-bond donors (Lipinski definition) is 3. The number of aryl methyl sites for hydroxylation is 1. The molecule has 4 aliphatic heterocycles. The number of likely N-dealkylation sites (tertiary alicyclic amines) is 3. The zero-order chi connectivity index (χ0) is 69.3. The molecule has 0 spiro atoms. The quantitative estimate of drug-likeness (QED) is 0.0502. The third kappa shape index (κ3) is 28.9. The smallest absolute Gasteiger partial charge is 0.870 e. The van der Waals surface area contributed by atoms with Crippen molar-refractivity contribution in [2.24, 2.45) is 0 Å². The Morgan fingerprint density at radius 3 is 1.71 bits per heavy atom. The van der Waals surface area contributed by atoms with Crippen LogP contribution in [-0.4, -0.2) is 158 Å². The molecule has 0 bridgehead atoms. The number of carbonyl (C=O) groups excluding carboxylic acids is 11. The Hall–Kier alpha value is -7.90. The van der Waals surface area contributed by atoms with E-state index >= 15 is 0 Å². The summed E-state index contributed by atoms with van der Waals surface area (Å²) in [6.07, 6.45) is 3.13. The number of alkyl halides is 5. The second kappa shape index (κ2) is 43.1. The molecule has 4 aromatic rings. The van der Waals surface area contributed by atoms with Crippen LogP contribution in [-0.2, 0) is 57.4 Å². The second-order valence-corrected chi connectivity index (χ2v) is 21.6. The van der Waals surface area contributed by atoms with Gasteiger partial charge >= 0.3 is 35.7 Å². The van der Waals surface area contributed by atoms with E-state index in [1.807, 2.05) is 38.2 Å². The average Bonchev–Trinajstić information content (AvgIpc) is 1.07. The number of nitrogens with zero attached hydrogens (tertiary/aromatic N) is 5. The van der Waals surface area contributed by atoms with E-state index in [9.17, 15) is 69.5 Å². The number of hydrogen-bond acceptors (Lipinski definition) is 15. The number of ether oxygens (including phenoxy) is 2. The summed E-state index contributed by atoms with van der Waals surface area (Å²) in [7, 11) is 3.98. The van der Waals surface area contributed by atoms with Crippen LogP contribution in [0.2, 0.25) is 10.0 Å². The summed E-state index contributed by atoms with van der Waals surface area (Å²) in [5.74, 6) is -7.30. The van der Waals surface area contributed by atoms with Crippen LogP contribution in [0.5, 0.6) is 0 Å². The Labute approximate surface area is 567 Å². The topological polar surface area (TPSA) is 304 Å². The van der Waals surface area contributed by atoms with Crippen molar-refractivity contribution in [2.75, 3.05) is 38.9 Å². The number of benzene rings is 4. The van der Waals surface area contributed by atoms with E-state index in [0.29, 0.717) is 55.3 Å². The van der Waals surface area contributed by atoms with E-state index in [2.05, 4.69) is 31.9 Å². The zero-order valence-electron chi connectivity index (χ0n) is 52.8.